The first-order chi connectivity index (χ1) is 13.7. The Morgan fingerprint density at radius 2 is 1.79 bits per heavy atom. The van der Waals surface area contributed by atoms with Gasteiger partial charge in [0.25, 0.3) is 0 Å². The van der Waals surface area contributed by atoms with Crippen molar-refractivity contribution in [2.45, 2.75) is 20.0 Å². The number of rotatable bonds is 7. The fraction of sp³-hybridized carbons (Fsp3) is 0.286. The van der Waals surface area contributed by atoms with Crippen LogP contribution >= 0.6 is 24.0 Å². The summed E-state index contributed by atoms with van der Waals surface area (Å²) in [5.74, 6) is 2.24. The van der Waals surface area contributed by atoms with Crippen molar-refractivity contribution in [1.82, 2.24) is 20.6 Å². The molecule has 0 saturated heterocycles. The molecule has 3 aromatic rings. The molecule has 2 aromatic heterocycles. The molecule has 0 aliphatic heterocycles. The van der Waals surface area contributed by atoms with Crippen molar-refractivity contribution in [2.24, 2.45) is 4.99 Å². The summed E-state index contributed by atoms with van der Waals surface area (Å²) in [5.41, 5.74) is 2.68. The number of benzene rings is 1. The van der Waals surface area contributed by atoms with Gasteiger partial charge in [0.2, 0.25) is 5.89 Å². The zero-order valence-electron chi connectivity index (χ0n) is 16.9. The molecule has 0 saturated carbocycles. The maximum absolute atomic E-state index is 5.57. The van der Waals surface area contributed by atoms with E-state index in [2.05, 4.69) is 25.6 Å². The van der Waals surface area contributed by atoms with Gasteiger partial charge in [0.15, 0.2) is 5.96 Å². The largest absolute Gasteiger partial charge is 0.444 e. The Kier molecular flexibility index (Phi) is 8.91. The quantitative estimate of drug-likeness (QED) is 0.289. The molecule has 0 aliphatic rings. The lowest BCUT2D eigenvalue weighted by Gasteiger charge is -2.14. The second kappa shape index (κ2) is 11.4. The Morgan fingerprint density at radius 1 is 1.00 bits per heavy atom. The number of oxazole rings is 1. The van der Waals surface area contributed by atoms with E-state index in [9.17, 15) is 0 Å². The lowest BCUT2D eigenvalue weighted by atomic mass is 10.2. The van der Waals surface area contributed by atoms with Crippen LogP contribution in [0.2, 0.25) is 0 Å². The molecule has 29 heavy (non-hydrogen) atoms. The van der Waals surface area contributed by atoms with Gasteiger partial charge in [0, 0.05) is 26.2 Å². The molecule has 7 nitrogen and oxygen atoms in total. The first kappa shape index (κ1) is 22.7. The van der Waals surface area contributed by atoms with Crippen LogP contribution in [0.1, 0.15) is 18.3 Å². The standard InChI is InChI=1S/C21H26N6O.HI/c1-4-22-21(23-13-17-11-8-12-19(25-17)27(2)3)24-14-18-15-28-20(26-18)16-9-6-5-7-10-16;/h5-12,15H,4,13-14H2,1-3H3,(H2,22,23,24);1H. The number of anilines is 1. The van der Waals surface area contributed by atoms with Gasteiger partial charge in [0.1, 0.15) is 17.8 Å². The monoisotopic (exact) mass is 506 g/mol. The maximum Gasteiger partial charge on any atom is 0.226 e. The van der Waals surface area contributed by atoms with Gasteiger partial charge in [-0.25, -0.2) is 15.0 Å². The summed E-state index contributed by atoms with van der Waals surface area (Å²) in [6.45, 7) is 3.81. The molecule has 1 aromatic carbocycles. The molecule has 0 amide bonds. The van der Waals surface area contributed by atoms with Crippen molar-refractivity contribution in [3.63, 3.8) is 0 Å². The summed E-state index contributed by atoms with van der Waals surface area (Å²) >= 11 is 0. The molecule has 2 N–H and O–H groups in total. The van der Waals surface area contributed by atoms with Crippen LogP contribution in [-0.2, 0) is 13.1 Å². The summed E-state index contributed by atoms with van der Waals surface area (Å²) in [4.78, 5) is 15.7. The van der Waals surface area contributed by atoms with E-state index < -0.39 is 0 Å². The number of hydrogen-bond donors (Lipinski definition) is 2. The molecular formula is C21H27IN6O. The van der Waals surface area contributed by atoms with Gasteiger partial charge in [-0.1, -0.05) is 24.3 Å². The lowest BCUT2D eigenvalue weighted by molar-refractivity contribution is 0.572. The van der Waals surface area contributed by atoms with Gasteiger partial charge in [-0.3, -0.25) is 0 Å². The van der Waals surface area contributed by atoms with E-state index in [1.807, 2.05) is 74.4 Å². The van der Waals surface area contributed by atoms with Crippen molar-refractivity contribution in [3.05, 3.63) is 66.2 Å². The Hall–Kier alpha value is -2.62. The molecule has 0 radical (unpaired) electrons. The highest BCUT2D eigenvalue weighted by Crippen LogP contribution is 2.18. The summed E-state index contributed by atoms with van der Waals surface area (Å²) < 4.78 is 5.57. The highest BCUT2D eigenvalue weighted by atomic mass is 127. The average Bonchev–Trinajstić information content (AvgIpc) is 3.20. The molecule has 0 aliphatic carbocycles. The maximum atomic E-state index is 5.57. The van der Waals surface area contributed by atoms with Gasteiger partial charge in [0.05, 0.1) is 18.8 Å². The number of aliphatic imine (C=N–C) groups is 1. The highest BCUT2D eigenvalue weighted by molar-refractivity contribution is 14.0. The normalized spacial score (nSPS) is 10.9. The van der Waals surface area contributed by atoms with Crippen LogP contribution in [0.4, 0.5) is 5.82 Å². The molecule has 3 rings (SSSR count). The first-order valence-corrected chi connectivity index (χ1v) is 9.31. The fourth-order valence-corrected chi connectivity index (χ4v) is 2.58. The molecule has 2 heterocycles. The predicted octanol–water partition coefficient (Wildman–Crippen LogP) is 3.68. The SMILES string of the molecule is CCNC(=NCc1coc(-c2ccccc2)n1)NCc1cccc(N(C)C)n1.I. The van der Waals surface area contributed by atoms with Gasteiger partial charge < -0.3 is 20.0 Å². The first-order valence-electron chi connectivity index (χ1n) is 9.31. The number of nitrogens with zero attached hydrogens (tertiary/aromatic N) is 4. The average molecular weight is 506 g/mol. The molecule has 8 heteroatoms. The second-order valence-corrected chi connectivity index (χ2v) is 6.44. The third kappa shape index (κ3) is 6.74. The third-order valence-corrected chi connectivity index (χ3v) is 4.00. The van der Waals surface area contributed by atoms with Crippen LogP contribution in [0.5, 0.6) is 0 Å². The number of guanidine groups is 1. The van der Waals surface area contributed by atoms with Crippen molar-refractivity contribution in [1.29, 1.82) is 0 Å². The van der Waals surface area contributed by atoms with E-state index >= 15 is 0 Å². The van der Waals surface area contributed by atoms with Gasteiger partial charge in [-0.05, 0) is 31.2 Å². The second-order valence-electron chi connectivity index (χ2n) is 6.44. The molecule has 0 spiro atoms. The third-order valence-electron chi connectivity index (χ3n) is 4.00. The molecule has 0 atom stereocenters. The minimum atomic E-state index is 0. The highest BCUT2D eigenvalue weighted by Gasteiger charge is 2.07. The fourth-order valence-electron chi connectivity index (χ4n) is 2.58. The van der Waals surface area contributed by atoms with Crippen LogP contribution < -0.4 is 15.5 Å². The van der Waals surface area contributed by atoms with Crippen LogP contribution in [-0.4, -0.2) is 36.6 Å². The van der Waals surface area contributed by atoms with E-state index in [-0.39, 0.29) is 24.0 Å². The predicted molar refractivity (Wildman–Crippen MR) is 128 cm³/mol. The van der Waals surface area contributed by atoms with Crippen molar-refractivity contribution >= 4 is 35.8 Å². The number of aromatic nitrogens is 2. The van der Waals surface area contributed by atoms with E-state index in [1.165, 1.54) is 0 Å². The lowest BCUT2D eigenvalue weighted by Crippen LogP contribution is -2.37. The Balaban J connectivity index is 0.00000300. The van der Waals surface area contributed by atoms with Crippen molar-refractivity contribution in [2.75, 3.05) is 25.5 Å². The van der Waals surface area contributed by atoms with E-state index in [4.69, 9.17) is 4.42 Å². The smallest absolute Gasteiger partial charge is 0.226 e. The van der Waals surface area contributed by atoms with Gasteiger partial charge in [-0.2, -0.15) is 0 Å². The summed E-state index contributed by atoms with van der Waals surface area (Å²) in [6.07, 6.45) is 1.65. The number of pyridine rings is 1. The van der Waals surface area contributed by atoms with Crippen LogP contribution in [0.25, 0.3) is 11.5 Å². The minimum Gasteiger partial charge on any atom is -0.444 e. The van der Waals surface area contributed by atoms with Gasteiger partial charge in [-0.15, -0.1) is 24.0 Å². The van der Waals surface area contributed by atoms with Crippen LogP contribution in [0, 0.1) is 0 Å². The molecular weight excluding hydrogens is 479 g/mol. The molecule has 154 valence electrons. The number of nitrogens with one attached hydrogen (secondary N) is 2. The van der Waals surface area contributed by atoms with E-state index in [0.29, 0.717) is 24.9 Å². The number of hydrogen-bond acceptors (Lipinski definition) is 5. The van der Waals surface area contributed by atoms with Crippen molar-refractivity contribution in [3.8, 4) is 11.5 Å². The minimum absolute atomic E-state index is 0. The summed E-state index contributed by atoms with van der Waals surface area (Å²) in [6, 6.07) is 15.8. The Bertz CT molecular complexity index is 910. The Labute approximate surface area is 188 Å². The number of halogens is 1. The van der Waals surface area contributed by atoms with Crippen LogP contribution in [0.3, 0.4) is 0 Å². The van der Waals surface area contributed by atoms with Crippen LogP contribution in [0.15, 0.2) is 64.2 Å². The van der Waals surface area contributed by atoms with E-state index in [0.717, 1.165) is 29.3 Å². The Morgan fingerprint density at radius 3 is 2.52 bits per heavy atom. The van der Waals surface area contributed by atoms with Gasteiger partial charge >= 0.3 is 0 Å². The molecule has 0 unspecified atom stereocenters. The topological polar surface area (TPSA) is 78.6 Å². The molecule has 0 fully saturated rings. The van der Waals surface area contributed by atoms with E-state index in [1.54, 1.807) is 6.26 Å². The molecule has 0 bridgehead atoms. The zero-order valence-corrected chi connectivity index (χ0v) is 19.3. The van der Waals surface area contributed by atoms with Crippen molar-refractivity contribution < 1.29 is 4.42 Å². The zero-order chi connectivity index (χ0) is 19.8. The summed E-state index contributed by atoms with van der Waals surface area (Å²) in [5, 5.41) is 6.55. The summed E-state index contributed by atoms with van der Waals surface area (Å²) in [7, 11) is 3.96.